The summed E-state index contributed by atoms with van der Waals surface area (Å²) in [6.07, 6.45) is 0. The summed E-state index contributed by atoms with van der Waals surface area (Å²) in [6, 6.07) is 16.3. The number of sulfonamides is 1. The molecule has 2 aromatic carbocycles. The molecule has 0 spiro atoms. The SMILES string of the molecule is C=C(C)CN(CC#Cc1ccccc1)S(=O)(=O)c1ccc(C)cc1. The summed E-state index contributed by atoms with van der Waals surface area (Å²) >= 11 is 0. The molecule has 0 fully saturated rings. The predicted octanol–water partition coefficient (Wildman–Crippen LogP) is 3.61. The lowest BCUT2D eigenvalue weighted by molar-refractivity contribution is 0.471. The highest BCUT2D eigenvalue weighted by atomic mass is 32.2. The Morgan fingerprint density at radius 2 is 1.71 bits per heavy atom. The molecule has 3 nitrogen and oxygen atoms in total. The molecule has 0 N–H and O–H groups in total. The molecular formula is C20H21NO2S. The summed E-state index contributed by atoms with van der Waals surface area (Å²) in [5.74, 6) is 5.95. The molecule has 0 saturated carbocycles. The van der Waals surface area contributed by atoms with Gasteiger partial charge >= 0.3 is 0 Å². The van der Waals surface area contributed by atoms with Crippen LogP contribution in [-0.4, -0.2) is 25.8 Å². The van der Waals surface area contributed by atoms with Crippen LogP contribution in [0, 0.1) is 18.8 Å². The molecule has 0 aliphatic carbocycles. The molecule has 0 amide bonds. The van der Waals surface area contributed by atoms with Gasteiger partial charge in [0.1, 0.15) is 0 Å². The van der Waals surface area contributed by atoms with Crippen LogP contribution in [0.5, 0.6) is 0 Å². The summed E-state index contributed by atoms with van der Waals surface area (Å²) in [5, 5.41) is 0. The van der Waals surface area contributed by atoms with E-state index >= 15 is 0 Å². The van der Waals surface area contributed by atoms with Crippen molar-refractivity contribution in [1.82, 2.24) is 4.31 Å². The van der Waals surface area contributed by atoms with E-state index in [1.165, 1.54) is 4.31 Å². The number of hydrogen-bond donors (Lipinski definition) is 0. The first-order chi connectivity index (χ1) is 11.4. The van der Waals surface area contributed by atoms with Crippen molar-refractivity contribution in [3.8, 4) is 11.8 Å². The number of hydrogen-bond acceptors (Lipinski definition) is 2. The maximum atomic E-state index is 12.8. The maximum Gasteiger partial charge on any atom is 0.244 e. The number of benzene rings is 2. The highest BCUT2D eigenvalue weighted by Gasteiger charge is 2.23. The van der Waals surface area contributed by atoms with Crippen LogP contribution in [-0.2, 0) is 10.0 Å². The third-order valence-corrected chi connectivity index (χ3v) is 5.17. The van der Waals surface area contributed by atoms with Crippen LogP contribution in [0.1, 0.15) is 18.1 Å². The second kappa shape index (κ2) is 7.96. The second-order valence-corrected chi connectivity index (χ2v) is 7.65. The Morgan fingerprint density at radius 1 is 1.08 bits per heavy atom. The highest BCUT2D eigenvalue weighted by molar-refractivity contribution is 7.89. The summed E-state index contributed by atoms with van der Waals surface area (Å²) in [7, 11) is -3.60. The van der Waals surface area contributed by atoms with Gasteiger partial charge in [-0.05, 0) is 38.1 Å². The molecule has 124 valence electrons. The summed E-state index contributed by atoms with van der Waals surface area (Å²) in [5.41, 5.74) is 2.65. The van der Waals surface area contributed by atoms with Gasteiger partial charge in [0, 0.05) is 12.1 Å². The van der Waals surface area contributed by atoms with Gasteiger partial charge in [0.2, 0.25) is 10.0 Å². The molecule has 0 radical (unpaired) electrons. The highest BCUT2D eigenvalue weighted by Crippen LogP contribution is 2.17. The fourth-order valence-electron chi connectivity index (χ4n) is 2.14. The van der Waals surface area contributed by atoms with Gasteiger partial charge in [-0.1, -0.05) is 59.9 Å². The van der Waals surface area contributed by atoms with Crippen molar-refractivity contribution in [2.45, 2.75) is 18.7 Å². The van der Waals surface area contributed by atoms with Crippen LogP contribution in [0.4, 0.5) is 0 Å². The van der Waals surface area contributed by atoms with Gasteiger partial charge < -0.3 is 0 Å². The predicted molar refractivity (Wildman–Crippen MR) is 98.1 cm³/mol. The summed E-state index contributed by atoms with van der Waals surface area (Å²) in [6.45, 7) is 7.93. The van der Waals surface area contributed by atoms with Gasteiger partial charge in [0.15, 0.2) is 0 Å². The van der Waals surface area contributed by atoms with Crippen molar-refractivity contribution in [2.75, 3.05) is 13.1 Å². The second-order valence-electron chi connectivity index (χ2n) is 5.71. The Bertz CT molecular complexity index is 857. The molecule has 2 rings (SSSR count). The third-order valence-electron chi connectivity index (χ3n) is 3.37. The topological polar surface area (TPSA) is 37.4 Å². The van der Waals surface area contributed by atoms with Gasteiger partial charge in [-0.15, -0.1) is 0 Å². The molecule has 0 aliphatic heterocycles. The number of rotatable bonds is 5. The Kier molecular flexibility index (Phi) is 5.97. The van der Waals surface area contributed by atoms with E-state index in [4.69, 9.17) is 0 Å². The number of nitrogens with zero attached hydrogens (tertiary/aromatic N) is 1. The Balaban J connectivity index is 2.26. The average Bonchev–Trinajstić information content (AvgIpc) is 2.55. The van der Waals surface area contributed by atoms with E-state index in [9.17, 15) is 8.42 Å². The standard InChI is InChI=1S/C20H21NO2S/c1-17(2)16-21(15-7-10-19-8-5-4-6-9-19)24(22,23)20-13-11-18(3)12-14-20/h4-6,8-9,11-14H,1,15-16H2,2-3H3. The van der Waals surface area contributed by atoms with Gasteiger partial charge in [-0.3, -0.25) is 0 Å². The van der Waals surface area contributed by atoms with Crippen LogP contribution < -0.4 is 0 Å². The number of aryl methyl sites for hydroxylation is 1. The van der Waals surface area contributed by atoms with Crippen molar-refractivity contribution in [3.63, 3.8) is 0 Å². The monoisotopic (exact) mass is 339 g/mol. The molecule has 0 atom stereocenters. The minimum absolute atomic E-state index is 0.123. The van der Waals surface area contributed by atoms with E-state index in [1.54, 1.807) is 24.3 Å². The largest absolute Gasteiger partial charge is 0.244 e. The van der Waals surface area contributed by atoms with E-state index in [1.807, 2.05) is 44.2 Å². The molecule has 2 aromatic rings. The smallest absolute Gasteiger partial charge is 0.207 e. The lowest BCUT2D eigenvalue weighted by atomic mass is 10.2. The Morgan fingerprint density at radius 3 is 2.29 bits per heavy atom. The van der Waals surface area contributed by atoms with E-state index in [-0.39, 0.29) is 18.0 Å². The Hall–Kier alpha value is -2.35. The molecule has 0 aliphatic rings. The normalized spacial score (nSPS) is 11.0. The van der Waals surface area contributed by atoms with Crippen LogP contribution in [0.3, 0.4) is 0 Å². The van der Waals surface area contributed by atoms with Crippen LogP contribution in [0.2, 0.25) is 0 Å². The van der Waals surface area contributed by atoms with Crippen molar-refractivity contribution in [1.29, 1.82) is 0 Å². The first-order valence-corrected chi connectivity index (χ1v) is 9.09. The van der Waals surface area contributed by atoms with Crippen molar-refractivity contribution >= 4 is 10.0 Å². The van der Waals surface area contributed by atoms with Crippen LogP contribution in [0.15, 0.2) is 71.6 Å². The summed E-state index contributed by atoms with van der Waals surface area (Å²) in [4.78, 5) is 0.274. The zero-order valence-electron chi connectivity index (χ0n) is 14.0. The minimum Gasteiger partial charge on any atom is -0.207 e. The van der Waals surface area contributed by atoms with Crippen molar-refractivity contribution in [3.05, 3.63) is 77.9 Å². The quantitative estimate of drug-likeness (QED) is 0.616. The summed E-state index contributed by atoms with van der Waals surface area (Å²) < 4.78 is 27.0. The van der Waals surface area contributed by atoms with E-state index in [0.29, 0.717) is 0 Å². The lowest BCUT2D eigenvalue weighted by Crippen LogP contribution is -2.32. The van der Waals surface area contributed by atoms with E-state index in [2.05, 4.69) is 18.4 Å². The lowest BCUT2D eigenvalue weighted by Gasteiger charge is -2.20. The first kappa shape index (κ1) is 18.0. The molecule has 0 bridgehead atoms. The molecule has 24 heavy (non-hydrogen) atoms. The molecule has 0 aromatic heterocycles. The van der Waals surface area contributed by atoms with Crippen molar-refractivity contribution in [2.24, 2.45) is 0 Å². The zero-order valence-corrected chi connectivity index (χ0v) is 14.8. The Labute approximate surface area is 144 Å². The van der Waals surface area contributed by atoms with Gasteiger partial charge in [-0.2, -0.15) is 4.31 Å². The maximum absolute atomic E-state index is 12.8. The fourth-order valence-corrected chi connectivity index (χ4v) is 3.54. The molecule has 0 saturated heterocycles. The minimum atomic E-state index is -3.60. The van der Waals surface area contributed by atoms with Crippen molar-refractivity contribution < 1.29 is 8.42 Å². The van der Waals surface area contributed by atoms with E-state index in [0.717, 1.165) is 16.7 Å². The van der Waals surface area contributed by atoms with Crippen LogP contribution >= 0.6 is 0 Å². The third kappa shape index (κ3) is 4.82. The van der Waals surface area contributed by atoms with Gasteiger partial charge in [-0.25, -0.2) is 8.42 Å². The molecule has 4 heteroatoms. The van der Waals surface area contributed by atoms with Crippen LogP contribution in [0.25, 0.3) is 0 Å². The zero-order chi connectivity index (χ0) is 17.6. The molecular weight excluding hydrogens is 318 g/mol. The fraction of sp³-hybridized carbons (Fsp3) is 0.200. The average molecular weight is 339 g/mol. The first-order valence-electron chi connectivity index (χ1n) is 7.65. The van der Waals surface area contributed by atoms with Gasteiger partial charge in [0.25, 0.3) is 0 Å². The molecule has 0 unspecified atom stereocenters. The molecule has 0 heterocycles. The van der Waals surface area contributed by atoms with E-state index < -0.39 is 10.0 Å². The van der Waals surface area contributed by atoms with Gasteiger partial charge in [0.05, 0.1) is 11.4 Å².